The molecule has 1 aliphatic rings. The van der Waals surface area contributed by atoms with E-state index in [1.807, 2.05) is 24.3 Å². The summed E-state index contributed by atoms with van der Waals surface area (Å²) in [5.74, 6) is 0. The third-order valence-electron chi connectivity index (χ3n) is 5.67. The molecule has 2 N–H and O–H groups in total. The Morgan fingerprint density at radius 2 is 1.32 bits per heavy atom. The lowest BCUT2D eigenvalue weighted by atomic mass is 9.83. The molecule has 0 bridgehead atoms. The van der Waals surface area contributed by atoms with E-state index in [-0.39, 0.29) is 13.2 Å². The molecule has 0 atom stereocenters. The highest BCUT2D eigenvalue weighted by Gasteiger charge is 2.26. The molecule has 1 heterocycles. The smallest absolute Gasteiger partial charge is 0.0731 e. The zero-order valence-corrected chi connectivity index (χ0v) is 16.0. The molecule has 0 saturated heterocycles. The minimum absolute atomic E-state index is 0.0658. The highest BCUT2D eigenvalue weighted by atomic mass is 16.5. The SMILES string of the molecule is OCc1c(CCCc2ccccc2)c2c(c(-c3ccccc3)c1CO)COC2. The van der Waals surface area contributed by atoms with Crippen molar-refractivity contribution < 1.29 is 14.9 Å². The molecule has 4 rings (SSSR count). The third-order valence-corrected chi connectivity index (χ3v) is 5.67. The maximum Gasteiger partial charge on any atom is 0.0731 e. The van der Waals surface area contributed by atoms with Gasteiger partial charge in [-0.25, -0.2) is 0 Å². The van der Waals surface area contributed by atoms with E-state index in [2.05, 4.69) is 36.4 Å². The van der Waals surface area contributed by atoms with Gasteiger partial charge in [-0.2, -0.15) is 0 Å². The van der Waals surface area contributed by atoms with Crippen LogP contribution in [0.25, 0.3) is 11.1 Å². The fourth-order valence-electron chi connectivity index (χ4n) is 4.35. The lowest BCUT2D eigenvalue weighted by molar-refractivity contribution is 0.134. The van der Waals surface area contributed by atoms with Crippen molar-refractivity contribution in [2.24, 2.45) is 0 Å². The maximum atomic E-state index is 10.2. The number of benzene rings is 3. The minimum Gasteiger partial charge on any atom is -0.392 e. The van der Waals surface area contributed by atoms with Gasteiger partial charge in [0.15, 0.2) is 0 Å². The molecule has 0 unspecified atom stereocenters. The third kappa shape index (κ3) is 3.61. The first-order valence-corrected chi connectivity index (χ1v) is 9.90. The van der Waals surface area contributed by atoms with Gasteiger partial charge in [-0.05, 0) is 63.8 Å². The molecule has 0 aromatic heterocycles. The molecule has 0 radical (unpaired) electrons. The van der Waals surface area contributed by atoms with Crippen LogP contribution in [0.2, 0.25) is 0 Å². The minimum atomic E-state index is -0.0842. The number of aliphatic hydroxyl groups excluding tert-OH is 2. The van der Waals surface area contributed by atoms with Gasteiger partial charge in [-0.1, -0.05) is 60.7 Å². The number of ether oxygens (including phenoxy) is 1. The number of hydrogen-bond acceptors (Lipinski definition) is 3. The van der Waals surface area contributed by atoms with Crippen molar-refractivity contribution in [1.29, 1.82) is 0 Å². The maximum absolute atomic E-state index is 10.2. The van der Waals surface area contributed by atoms with Gasteiger partial charge in [-0.15, -0.1) is 0 Å². The van der Waals surface area contributed by atoms with Crippen LogP contribution < -0.4 is 0 Å². The van der Waals surface area contributed by atoms with Crippen molar-refractivity contribution in [3.63, 3.8) is 0 Å². The lowest BCUT2D eigenvalue weighted by Crippen LogP contribution is -2.09. The molecule has 0 fully saturated rings. The highest BCUT2D eigenvalue weighted by Crippen LogP contribution is 2.40. The summed E-state index contributed by atoms with van der Waals surface area (Å²) >= 11 is 0. The second-order valence-corrected chi connectivity index (χ2v) is 7.28. The largest absolute Gasteiger partial charge is 0.392 e. The van der Waals surface area contributed by atoms with Gasteiger partial charge in [0.2, 0.25) is 0 Å². The first-order valence-electron chi connectivity index (χ1n) is 9.90. The van der Waals surface area contributed by atoms with Gasteiger partial charge >= 0.3 is 0 Å². The quantitative estimate of drug-likeness (QED) is 0.638. The topological polar surface area (TPSA) is 49.7 Å². The van der Waals surface area contributed by atoms with E-state index in [1.54, 1.807) is 0 Å². The van der Waals surface area contributed by atoms with E-state index in [4.69, 9.17) is 4.74 Å². The monoisotopic (exact) mass is 374 g/mol. The molecule has 3 aromatic rings. The zero-order chi connectivity index (χ0) is 19.3. The van der Waals surface area contributed by atoms with Crippen LogP contribution in [0.15, 0.2) is 60.7 Å². The summed E-state index contributed by atoms with van der Waals surface area (Å²) in [6, 6.07) is 20.6. The number of fused-ring (bicyclic) bond motifs is 1. The first-order chi connectivity index (χ1) is 13.8. The van der Waals surface area contributed by atoms with Gasteiger partial charge in [0.25, 0.3) is 0 Å². The van der Waals surface area contributed by atoms with Crippen molar-refractivity contribution in [2.75, 3.05) is 0 Å². The van der Waals surface area contributed by atoms with Gasteiger partial charge in [0.05, 0.1) is 26.4 Å². The fraction of sp³-hybridized carbons (Fsp3) is 0.280. The standard InChI is InChI=1S/C25H26O3/c26-14-21-20(13-7-10-18-8-3-1-4-9-18)23-16-28-17-24(23)25(22(21)15-27)19-11-5-2-6-12-19/h1-6,8-9,11-12,26-27H,7,10,13-17H2. The Kier molecular flexibility index (Phi) is 5.87. The number of aliphatic hydroxyl groups is 2. The molecule has 28 heavy (non-hydrogen) atoms. The molecule has 144 valence electrons. The average Bonchev–Trinajstić information content (AvgIpc) is 3.23. The van der Waals surface area contributed by atoms with Gasteiger partial charge in [0.1, 0.15) is 0 Å². The Bertz CT molecular complexity index is 933. The molecule has 3 heteroatoms. The van der Waals surface area contributed by atoms with Crippen molar-refractivity contribution in [3.05, 3.63) is 94.0 Å². The Balaban J connectivity index is 1.74. The van der Waals surface area contributed by atoms with Gasteiger partial charge < -0.3 is 14.9 Å². The lowest BCUT2D eigenvalue weighted by Gasteiger charge is -2.22. The van der Waals surface area contributed by atoms with Crippen LogP contribution >= 0.6 is 0 Å². The van der Waals surface area contributed by atoms with Crippen LogP contribution in [0.5, 0.6) is 0 Å². The molecular formula is C25H26O3. The van der Waals surface area contributed by atoms with Crippen molar-refractivity contribution >= 4 is 0 Å². The summed E-state index contributed by atoms with van der Waals surface area (Å²) in [7, 11) is 0. The van der Waals surface area contributed by atoms with E-state index >= 15 is 0 Å². The Labute approximate surface area is 166 Å². The van der Waals surface area contributed by atoms with E-state index < -0.39 is 0 Å². The number of aryl methyl sites for hydroxylation is 1. The number of rotatable bonds is 7. The van der Waals surface area contributed by atoms with Crippen molar-refractivity contribution in [2.45, 2.75) is 45.7 Å². The Hall–Kier alpha value is -2.46. The predicted octanol–water partition coefficient (Wildman–Crippen LogP) is 4.54. The van der Waals surface area contributed by atoms with Crippen LogP contribution in [0.4, 0.5) is 0 Å². The van der Waals surface area contributed by atoms with Crippen molar-refractivity contribution in [3.8, 4) is 11.1 Å². The van der Waals surface area contributed by atoms with E-state index in [1.165, 1.54) is 16.7 Å². The molecule has 0 spiro atoms. The molecular weight excluding hydrogens is 348 g/mol. The van der Waals surface area contributed by atoms with Gasteiger partial charge in [0, 0.05) is 0 Å². The van der Waals surface area contributed by atoms with Crippen LogP contribution in [-0.2, 0) is 44.0 Å². The van der Waals surface area contributed by atoms with Crippen LogP contribution in [0, 0.1) is 0 Å². The summed E-state index contributed by atoms with van der Waals surface area (Å²) in [4.78, 5) is 0. The average molecular weight is 374 g/mol. The van der Waals surface area contributed by atoms with Crippen LogP contribution in [-0.4, -0.2) is 10.2 Å². The molecule has 3 aromatic carbocycles. The zero-order valence-electron chi connectivity index (χ0n) is 16.0. The number of hydrogen-bond donors (Lipinski definition) is 2. The highest BCUT2D eigenvalue weighted by molar-refractivity contribution is 5.75. The summed E-state index contributed by atoms with van der Waals surface area (Å²) in [5.41, 5.74) is 8.67. The second-order valence-electron chi connectivity index (χ2n) is 7.28. The van der Waals surface area contributed by atoms with Crippen molar-refractivity contribution in [1.82, 2.24) is 0 Å². The van der Waals surface area contributed by atoms with E-state index in [9.17, 15) is 10.2 Å². The molecule has 0 saturated carbocycles. The molecule has 0 aliphatic carbocycles. The summed E-state index contributed by atoms with van der Waals surface area (Å²) in [6.07, 6.45) is 2.87. The van der Waals surface area contributed by atoms with E-state index in [0.29, 0.717) is 13.2 Å². The Morgan fingerprint density at radius 3 is 2.00 bits per heavy atom. The summed E-state index contributed by atoms with van der Waals surface area (Å²) in [5, 5.41) is 20.4. The molecule has 0 amide bonds. The van der Waals surface area contributed by atoms with Crippen LogP contribution in [0.1, 0.15) is 39.8 Å². The second kappa shape index (κ2) is 8.70. The summed E-state index contributed by atoms with van der Waals surface area (Å²) in [6.45, 7) is 0.987. The molecule has 3 nitrogen and oxygen atoms in total. The van der Waals surface area contributed by atoms with Crippen LogP contribution in [0.3, 0.4) is 0 Å². The molecule has 1 aliphatic heterocycles. The first kappa shape index (κ1) is 18.9. The normalized spacial score (nSPS) is 12.9. The fourth-order valence-corrected chi connectivity index (χ4v) is 4.35. The van der Waals surface area contributed by atoms with Gasteiger partial charge in [-0.3, -0.25) is 0 Å². The predicted molar refractivity (Wildman–Crippen MR) is 111 cm³/mol. The Morgan fingerprint density at radius 1 is 0.679 bits per heavy atom. The van der Waals surface area contributed by atoms with E-state index in [0.717, 1.165) is 47.1 Å². The summed E-state index contributed by atoms with van der Waals surface area (Å²) < 4.78 is 5.82.